The summed E-state index contributed by atoms with van der Waals surface area (Å²) < 4.78 is 12.5. The number of rotatable bonds is 5. The number of halogens is 4. The molecule has 2 heterocycles. The van der Waals surface area contributed by atoms with Gasteiger partial charge in [0.2, 0.25) is 5.82 Å². The second-order valence-electron chi connectivity index (χ2n) is 5.61. The van der Waals surface area contributed by atoms with Crippen LogP contribution in [0.4, 0.5) is 0 Å². The second kappa shape index (κ2) is 8.01. The van der Waals surface area contributed by atoms with Crippen molar-refractivity contribution in [3.8, 4) is 28.7 Å². The predicted molar refractivity (Wildman–Crippen MR) is 108 cm³/mol. The molecule has 0 aliphatic carbocycles. The van der Waals surface area contributed by atoms with Gasteiger partial charge in [-0.1, -0.05) is 57.6 Å². The van der Waals surface area contributed by atoms with E-state index >= 15 is 0 Å². The van der Waals surface area contributed by atoms with Crippen molar-refractivity contribution >= 4 is 46.4 Å². The molecule has 0 fully saturated rings. The minimum Gasteiger partial charge on any atom is -0.470 e. The Hall–Kier alpha value is -2.25. The van der Waals surface area contributed by atoms with E-state index in [-0.39, 0.29) is 12.6 Å². The third kappa shape index (κ3) is 3.95. The van der Waals surface area contributed by atoms with E-state index < -0.39 is 0 Å². The average Bonchev–Trinajstić information content (AvgIpc) is 3.32. The van der Waals surface area contributed by atoms with E-state index in [9.17, 15) is 0 Å². The quantitative estimate of drug-likeness (QED) is 0.355. The molecule has 28 heavy (non-hydrogen) atoms. The molecule has 4 aromatic rings. The fourth-order valence-corrected chi connectivity index (χ4v) is 3.23. The van der Waals surface area contributed by atoms with Gasteiger partial charge < -0.3 is 9.26 Å². The molecule has 142 valence electrons. The minimum absolute atomic E-state index is 0.129. The zero-order valence-electron chi connectivity index (χ0n) is 13.9. The molecule has 0 radical (unpaired) electrons. The van der Waals surface area contributed by atoms with Gasteiger partial charge in [0.1, 0.15) is 10.8 Å². The van der Waals surface area contributed by atoms with Crippen LogP contribution in [0.5, 0.6) is 5.75 Å². The van der Waals surface area contributed by atoms with Gasteiger partial charge in [-0.2, -0.15) is 10.1 Å². The molecule has 0 aliphatic heterocycles. The van der Waals surface area contributed by atoms with Crippen molar-refractivity contribution in [3.05, 3.63) is 68.8 Å². The van der Waals surface area contributed by atoms with Crippen LogP contribution in [-0.4, -0.2) is 19.9 Å². The van der Waals surface area contributed by atoms with Crippen LogP contribution in [0.15, 0.2) is 53.2 Å². The summed E-state index contributed by atoms with van der Waals surface area (Å²) in [5.74, 6) is 1.05. The van der Waals surface area contributed by atoms with Crippen molar-refractivity contribution in [1.82, 2.24) is 19.9 Å². The predicted octanol–water partition coefficient (Wildman–Crippen LogP) is 6.25. The fourth-order valence-electron chi connectivity index (χ4n) is 2.39. The van der Waals surface area contributed by atoms with E-state index in [0.717, 1.165) is 0 Å². The number of nitrogens with zero attached hydrogens (tertiary/aromatic N) is 4. The average molecular weight is 456 g/mol. The minimum atomic E-state index is 0.129. The molecular weight excluding hydrogens is 446 g/mol. The van der Waals surface area contributed by atoms with Gasteiger partial charge >= 0.3 is 0 Å². The van der Waals surface area contributed by atoms with E-state index in [1.165, 1.54) is 0 Å². The first-order chi connectivity index (χ1) is 13.5. The van der Waals surface area contributed by atoms with Crippen molar-refractivity contribution in [2.24, 2.45) is 0 Å². The van der Waals surface area contributed by atoms with Gasteiger partial charge in [-0.3, -0.25) is 0 Å². The van der Waals surface area contributed by atoms with E-state index in [0.29, 0.717) is 42.9 Å². The Bertz CT molecular complexity index is 1140. The largest absolute Gasteiger partial charge is 0.470 e. The summed E-state index contributed by atoms with van der Waals surface area (Å²) in [7, 11) is 0. The van der Waals surface area contributed by atoms with Gasteiger partial charge in [0.05, 0.1) is 10.0 Å². The molecule has 4 rings (SSSR count). The maximum absolute atomic E-state index is 6.18. The summed E-state index contributed by atoms with van der Waals surface area (Å²) >= 11 is 24.2. The summed E-state index contributed by atoms with van der Waals surface area (Å²) in [6.07, 6.45) is 1.72. The number of hydrogen-bond donors (Lipinski definition) is 0. The molecule has 0 saturated heterocycles. The van der Waals surface area contributed by atoms with Gasteiger partial charge in [0.25, 0.3) is 5.89 Å². The van der Waals surface area contributed by atoms with Crippen LogP contribution in [0.2, 0.25) is 20.1 Å². The Labute approximate surface area is 179 Å². The summed E-state index contributed by atoms with van der Waals surface area (Å²) in [6.45, 7) is 0.129. The van der Waals surface area contributed by atoms with Crippen molar-refractivity contribution in [1.29, 1.82) is 0 Å². The van der Waals surface area contributed by atoms with E-state index in [2.05, 4.69) is 15.2 Å². The van der Waals surface area contributed by atoms with Crippen LogP contribution in [0.3, 0.4) is 0 Å². The van der Waals surface area contributed by atoms with Crippen LogP contribution < -0.4 is 4.74 Å². The first-order valence-corrected chi connectivity index (χ1v) is 9.42. The van der Waals surface area contributed by atoms with Crippen molar-refractivity contribution in [2.45, 2.75) is 6.73 Å². The van der Waals surface area contributed by atoms with Crippen LogP contribution in [0, 0.1) is 0 Å². The molecule has 0 spiro atoms. The summed E-state index contributed by atoms with van der Waals surface area (Å²) in [5.41, 5.74) is 1.10. The van der Waals surface area contributed by atoms with Crippen LogP contribution in [-0.2, 0) is 6.73 Å². The number of hydrogen-bond acceptors (Lipinski definition) is 5. The number of ether oxygens (including phenoxy) is 1. The number of aromatic nitrogens is 4. The van der Waals surface area contributed by atoms with Gasteiger partial charge in [-0.15, -0.1) is 0 Å². The molecule has 0 amide bonds. The molecule has 0 N–H and O–H groups in total. The molecule has 0 atom stereocenters. The highest BCUT2D eigenvalue weighted by Gasteiger charge is 2.15. The highest BCUT2D eigenvalue weighted by molar-refractivity contribution is 6.42. The van der Waals surface area contributed by atoms with Crippen molar-refractivity contribution in [3.63, 3.8) is 0 Å². The molecule has 0 unspecified atom stereocenters. The standard InChI is InChI=1S/C18H10Cl4N4O2/c19-10-4-5-11(13(21)8-10)17-23-18(28-25-17)14-6-7-26(24-14)9-27-15-3-1-2-12(20)16(15)22/h1-8H,9H2. The Morgan fingerprint density at radius 3 is 2.68 bits per heavy atom. The molecule has 0 aliphatic rings. The maximum Gasteiger partial charge on any atom is 0.278 e. The first-order valence-electron chi connectivity index (χ1n) is 7.91. The topological polar surface area (TPSA) is 66.0 Å². The SMILES string of the molecule is Clc1ccc(-c2noc(-c3ccn(COc4cccc(Cl)c4Cl)n3)n2)c(Cl)c1. The molecule has 2 aromatic heterocycles. The molecule has 0 bridgehead atoms. The van der Waals surface area contributed by atoms with Crippen molar-refractivity contribution < 1.29 is 9.26 Å². The fraction of sp³-hybridized carbons (Fsp3) is 0.0556. The van der Waals surface area contributed by atoms with Gasteiger partial charge in [0, 0.05) is 16.8 Å². The summed E-state index contributed by atoms with van der Waals surface area (Å²) in [6, 6.07) is 11.9. The molecule has 2 aromatic carbocycles. The highest BCUT2D eigenvalue weighted by Crippen LogP contribution is 2.32. The van der Waals surface area contributed by atoms with Crippen molar-refractivity contribution in [2.75, 3.05) is 0 Å². The third-order valence-electron chi connectivity index (χ3n) is 3.73. The lowest BCUT2D eigenvalue weighted by atomic mass is 10.2. The molecular formula is C18H10Cl4N4O2. The Morgan fingerprint density at radius 2 is 1.86 bits per heavy atom. The summed E-state index contributed by atoms with van der Waals surface area (Å²) in [4.78, 5) is 4.34. The Morgan fingerprint density at radius 1 is 1.00 bits per heavy atom. The molecule has 0 saturated carbocycles. The lowest BCUT2D eigenvalue weighted by Crippen LogP contribution is -2.06. The van der Waals surface area contributed by atoms with Gasteiger partial charge in [-0.05, 0) is 36.4 Å². The molecule has 10 heteroatoms. The van der Waals surface area contributed by atoms with Gasteiger partial charge in [-0.25, -0.2) is 4.68 Å². The summed E-state index contributed by atoms with van der Waals surface area (Å²) in [5, 5.41) is 10.0. The lowest BCUT2D eigenvalue weighted by Gasteiger charge is -2.08. The zero-order chi connectivity index (χ0) is 19.7. The van der Waals surface area contributed by atoms with E-state index in [4.69, 9.17) is 55.7 Å². The smallest absolute Gasteiger partial charge is 0.278 e. The monoisotopic (exact) mass is 454 g/mol. The Kier molecular flexibility index (Phi) is 5.46. The molecule has 6 nitrogen and oxygen atoms in total. The number of benzene rings is 2. The van der Waals surface area contributed by atoms with Crippen LogP contribution in [0.1, 0.15) is 0 Å². The zero-order valence-corrected chi connectivity index (χ0v) is 17.0. The van der Waals surface area contributed by atoms with E-state index in [1.807, 2.05) is 0 Å². The lowest BCUT2D eigenvalue weighted by molar-refractivity contribution is 0.221. The van der Waals surface area contributed by atoms with Crippen LogP contribution in [0.25, 0.3) is 23.0 Å². The van der Waals surface area contributed by atoms with E-state index in [1.54, 1.807) is 53.3 Å². The van der Waals surface area contributed by atoms with Gasteiger partial charge in [0.15, 0.2) is 12.4 Å². The normalized spacial score (nSPS) is 11.0. The first kappa shape index (κ1) is 19.1. The van der Waals surface area contributed by atoms with Crippen LogP contribution >= 0.6 is 46.4 Å². The third-order valence-corrected chi connectivity index (χ3v) is 5.08. The Balaban J connectivity index is 1.50. The second-order valence-corrected chi connectivity index (χ2v) is 7.24. The highest BCUT2D eigenvalue weighted by atomic mass is 35.5. The maximum atomic E-state index is 6.18.